The predicted octanol–water partition coefficient (Wildman–Crippen LogP) is 1.84. The highest BCUT2D eigenvalue weighted by Crippen LogP contribution is 2.13. The van der Waals surface area contributed by atoms with E-state index in [0.717, 1.165) is 5.56 Å². The molecule has 0 bridgehead atoms. The minimum Gasteiger partial charge on any atom is -0.508 e. The summed E-state index contributed by atoms with van der Waals surface area (Å²) in [5.41, 5.74) is 7.44. The smallest absolute Gasteiger partial charge is 0.326 e. The maximum Gasteiger partial charge on any atom is 0.326 e. The van der Waals surface area contributed by atoms with Gasteiger partial charge in [-0.05, 0) is 54.0 Å². The van der Waals surface area contributed by atoms with Crippen LogP contribution in [0.15, 0.2) is 54.6 Å². The molecule has 0 aliphatic rings. The molecule has 0 aromatic heterocycles. The van der Waals surface area contributed by atoms with E-state index in [1.807, 2.05) is 50.4 Å². The Bertz CT molecular complexity index is 1110. The third kappa shape index (κ3) is 11.3. The molecule has 4 atom stereocenters. The third-order valence-electron chi connectivity index (χ3n) is 6.22. The molecule has 0 aliphatic heterocycles. The molecular formula is C29H40N4O6S. The van der Waals surface area contributed by atoms with Crippen molar-refractivity contribution < 1.29 is 29.4 Å². The Morgan fingerprint density at radius 1 is 0.800 bits per heavy atom. The molecule has 2 rings (SSSR count). The summed E-state index contributed by atoms with van der Waals surface area (Å²) in [5, 5.41) is 27.2. The van der Waals surface area contributed by atoms with Crippen molar-refractivity contribution in [3.8, 4) is 5.75 Å². The maximum absolute atomic E-state index is 13.5. The molecule has 4 unspecified atom stereocenters. The highest BCUT2D eigenvalue weighted by Gasteiger charge is 2.31. The van der Waals surface area contributed by atoms with Crippen molar-refractivity contribution in [1.29, 1.82) is 0 Å². The molecule has 0 heterocycles. The second kappa shape index (κ2) is 16.5. The number of phenolic OH excluding ortho intramolecular Hbond substituents is 1. The van der Waals surface area contributed by atoms with Gasteiger partial charge < -0.3 is 31.9 Å². The topological polar surface area (TPSA) is 171 Å². The van der Waals surface area contributed by atoms with Crippen LogP contribution >= 0.6 is 11.8 Å². The standard InChI is InChI=1S/C29H40N4O6S/c1-18(2)15-23(27(36)33-25(29(38)39)17-20-9-11-21(34)12-10-20)32-28(37)24(16-19-7-5-4-6-8-19)31-26(35)22(30)13-14-40-3/h4-12,18,22-25,34H,13-17,30H2,1-3H3,(H,31,35)(H,32,37)(H,33,36)(H,38,39). The summed E-state index contributed by atoms with van der Waals surface area (Å²) in [7, 11) is 0. The van der Waals surface area contributed by atoms with Crippen molar-refractivity contribution in [2.45, 2.75) is 63.7 Å². The lowest BCUT2D eigenvalue weighted by Gasteiger charge is -2.26. The largest absolute Gasteiger partial charge is 0.508 e. The molecule has 2 aromatic rings. The number of benzene rings is 2. The summed E-state index contributed by atoms with van der Waals surface area (Å²) >= 11 is 1.56. The number of nitrogens with one attached hydrogen (secondary N) is 3. The lowest BCUT2D eigenvalue weighted by Crippen LogP contribution is -2.58. The van der Waals surface area contributed by atoms with E-state index in [0.29, 0.717) is 17.7 Å². The zero-order valence-corrected chi connectivity index (χ0v) is 23.9. The second-order valence-electron chi connectivity index (χ2n) is 10.1. The van der Waals surface area contributed by atoms with Gasteiger partial charge in [0, 0.05) is 12.8 Å². The first kappa shape index (κ1) is 32.6. The Balaban J connectivity index is 2.20. The Labute approximate surface area is 239 Å². The van der Waals surface area contributed by atoms with Gasteiger partial charge in [0.2, 0.25) is 17.7 Å². The van der Waals surface area contributed by atoms with Crippen LogP contribution in [-0.2, 0) is 32.0 Å². The van der Waals surface area contributed by atoms with E-state index < -0.39 is 47.9 Å². The van der Waals surface area contributed by atoms with Crippen molar-refractivity contribution in [2.24, 2.45) is 11.7 Å². The lowest BCUT2D eigenvalue weighted by molar-refractivity contribution is -0.142. The molecule has 7 N–H and O–H groups in total. The Hall–Kier alpha value is -3.57. The number of carboxylic acid groups (broad SMARTS) is 1. The van der Waals surface area contributed by atoms with Gasteiger partial charge in [0.1, 0.15) is 23.9 Å². The molecule has 218 valence electrons. The second-order valence-corrected chi connectivity index (χ2v) is 11.1. The zero-order chi connectivity index (χ0) is 29.7. The van der Waals surface area contributed by atoms with Crippen LogP contribution in [0.4, 0.5) is 0 Å². The summed E-state index contributed by atoms with van der Waals surface area (Å²) in [5.74, 6) is -2.18. The first-order valence-electron chi connectivity index (χ1n) is 13.2. The van der Waals surface area contributed by atoms with E-state index in [4.69, 9.17) is 5.73 Å². The van der Waals surface area contributed by atoms with E-state index in [-0.39, 0.29) is 30.9 Å². The Morgan fingerprint density at radius 3 is 1.90 bits per heavy atom. The minimum absolute atomic E-state index is 0.00134. The van der Waals surface area contributed by atoms with Crippen molar-refractivity contribution in [2.75, 3.05) is 12.0 Å². The van der Waals surface area contributed by atoms with E-state index in [9.17, 15) is 29.4 Å². The van der Waals surface area contributed by atoms with Crippen LogP contribution in [0.2, 0.25) is 0 Å². The molecule has 0 radical (unpaired) electrons. The number of hydrogen-bond acceptors (Lipinski definition) is 7. The van der Waals surface area contributed by atoms with Gasteiger partial charge in [-0.15, -0.1) is 0 Å². The van der Waals surface area contributed by atoms with Crippen LogP contribution in [-0.4, -0.2) is 70.1 Å². The summed E-state index contributed by atoms with van der Waals surface area (Å²) in [6, 6.07) is 11.1. The molecule has 11 heteroatoms. The molecular weight excluding hydrogens is 532 g/mol. The quantitative estimate of drug-likeness (QED) is 0.177. The fourth-order valence-corrected chi connectivity index (χ4v) is 4.52. The molecule has 0 saturated carbocycles. The van der Waals surface area contributed by atoms with Crippen molar-refractivity contribution in [1.82, 2.24) is 16.0 Å². The first-order valence-corrected chi connectivity index (χ1v) is 14.6. The van der Waals surface area contributed by atoms with Gasteiger partial charge >= 0.3 is 5.97 Å². The third-order valence-corrected chi connectivity index (χ3v) is 6.86. The van der Waals surface area contributed by atoms with Crippen LogP contribution in [0, 0.1) is 5.92 Å². The van der Waals surface area contributed by atoms with Gasteiger partial charge in [0.05, 0.1) is 6.04 Å². The molecule has 40 heavy (non-hydrogen) atoms. The molecule has 10 nitrogen and oxygen atoms in total. The monoisotopic (exact) mass is 572 g/mol. The predicted molar refractivity (Wildman–Crippen MR) is 156 cm³/mol. The molecule has 0 saturated heterocycles. The molecule has 2 aromatic carbocycles. The number of hydrogen-bond donors (Lipinski definition) is 6. The summed E-state index contributed by atoms with van der Waals surface area (Å²) in [4.78, 5) is 51.4. The van der Waals surface area contributed by atoms with E-state index in [2.05, 4.69) is 16.0 Å². The minimum atomic E-state index is -1.25. The number of aliphatic carboxylic acids is 1. The van der Waals surface area contributed by atoms with Gasteiger partial charge in [0.25, 0.3) is 0 Å². The number of thioether (sulfide) groups is 1. The number of phenols is 1. The molecule has 0 aliphatic carbocycles. The maximum atomic E-state index is 13.5. The normalized spacial score (nSPS) is 14.0. The number of amides is 3. The average molecular weight is 573 g/mol. The number of carbonyl (C=O) groups is 4. The number of aromatic hydroxyl groups is 1. The Kier molecular flexibility index (Phi) is 13.5. The van der Waals surface area contributed by atoms with Crippen LogP contribution in [0.5, 0.6) is 5.75 Å². The highest BCUT2D eigenvalue weighted by molar-refractivity contribution is 7.98. The van der Waals surface area contributed by atoms with Crippen LogP contribution in [0.25, 0.3) is 0 Å². The summed E-state index contributed by atoms with van der Waals surface area (Å²) < 4.78 is 0. The van der Waals surface area contributed by atoms with Crippen molar-refractivity contribution >= 4 is 35.5 Å². The fraction of sp³-hybridized carbons (Fsp3) is 0.448. The van der Waals surface area contributed by atoms with Gasteiger partial charge in [-0.2, -0.15) is 11.8 Å². The van der Waals surface area contributed by atoms with Gasteiger partial charge in [-0.25, -0.2) is 4.79 Å². The van der Waals surface area contributed by atoms with Crippen molar-refractivity contribution in [3.05, 3.63) is 65.7 Å². The van der Waals surface area contributed by atoms with Crippen LogP contribution in [0.3, 0.4) is 0 Å². The SMILES string of the molecule is CSCCC(N)C(=O)NC(Cc1ccccc1)C(=O)NC(CC(C)C)C(=O)NC(Cc1ccc(O)cc1)C(=O)O. The Morgan fingerprint density at radius 2 is 1.32 bits per heavy atom. The molecule has 3 amide bonds. The molecule has 0 spiro atoms. The van der Waals surface area contributed by atoms with Crippen LogP contribution < -0.4 is 21.7 Å². The average Bonchev–Trinajstić information content (AvgIpc) is 2.91. The zero-order valence-electron chi connectivity index (χ0n) is 23.1. The number of carbonyl (C=O) groups excluding carboxylic acids is 3. The number of nitrogens with two attached hydrogens (primary N) is 1. The van der Waals surface area contributed by atoms with E-state index in [1.54, 1.807) is 23.9 Å². The van der Waals surface area contributed by atoms with E-state index in [1.165, 1.54) is 12.1 Å². The first-order chi connectivity index (χ1) is 19.0. The van der Waals surface area contributed by atoms with Gasteiger partial charge in [0.15, 0.2) is 0 Å². The van der Waals surface area contributed by atoms with Gasteiger partial charge in [-0.1, -0.05) is 56.3 Å². The molecule has 0 fully saturated rings. The van der Waals surface area contributed by atoms with Crippen molar-refractivity contribution in [3.63, 3.8) is 0 Å². The number of carboxylic acids is 1. The summed E-state index contributed by atoms with van der Waals surface area (Å²) in [6.45, 7) is 3.76. The van der Waals surface area contributed by atoms with E-state index >= 15 is 0 Å². The lowest BCUT2D eigenvalue weighted by atomic mass is 10.00. The van der Waals surface area contributed by atoms with Crippen LogP contribution in [0.1, 0.15) is 37.8 Å². The summed E-state index contributed by atoms with van der Waals surface area (Å²) in [6.07, 6.45) is 2.79. The number of rotatable bonds is 16. The fourth-order valence-electron chi connectivity index (χ4n) is 4.03. The highest BCUT2D eigenvalue weighted by atomic mass is 32.2. The van der Waals surface area contributed by atoms with Gasteiger partial charge in [-0.3, -0.25) is 14.4 Å².